The summed E-state index contributed by atoms with van der Waals surface area (Å²) in [5.74, 6) is -0.270. The number of ether oxygens (including phenoxy) is 1. The van der Waals surface area contributed by atoms with Crippen LogP contribution in [0.25, 0.3) is 0 Å². The van der Waals surface area contributed by atoms with Gasteiger partial charge in [-0.05, 0) is 44.2 Å². The summed E-state index contributed by atoms with van der Waals surface area (Å²) in [5, 5.41) is 0. The normalized spacial score (nSPS) is 20.4. The van der Waals surface area contributed by atoms with Crippen molar-refractivity contribution >= 4 is 27.6 Å². The number of ketones is 1. The second-order valence-corrected chi connectivity index (χ2v) is 7.26. The smallest absolute Gasteiger partial charge is 0.254 e. The number of morpholine rings is 1. The molecule has 5 heteroatoms. The van der Waals surface area contributed by atoms with Crippen molar-refractivity contribution in [2.45, 2.75) is 26.1 Å². The molecular formula is C20H20BrNO3. The van der Waals surface area contributed by atoms with E-state index in [9.17, 15) is 9.59 Å². The molecule has 25 heavy (non-hydrogen) atoms. The summed E-state index contributed by atoms with van der Waals surface area (Å²) in [6, 6.07) is 14.2. The quantitative estimate of drug-likeness (QED) is 0.731. The number of hydrogen-bond donors (Lipinski definition) is 0. The number of rotatable bonds is 3. The van der Waals surface area contributed by atoms with E-state index < -0.39 is 0 Å². The fourth-order valence-electron chi connectivity index (χ4n) is 3.14. The van der Waals surface area contributed by atoms with E-state index in [1.807, 2.05) is 26.0 Å². The molecule has 2 aromatic rings. The molecule has 130 valence electrons. The van der Waals surface area contributed by atoms with E-state index in [1.54, 1.807) is 41.3 Å². The highest BCUT2D eigenvalue weighted by Gasteiger charge is 2.28. The van der Waals surface area contributed by atoms with Crippen molar-refractivity contribution in [3.63, 3.8) is 0 Å². The van der Waals surface area contributed by atoms with Crippen molar-refractivity contribution in [1.29, 1.82) is 0 Å². The van der Waals surface area contributed by atoms with Crippen LogP contribution in [0, 0.1) is 0 Å². The Bertz CT molecular complexity index is 778. The lowest BCUT2D eigenvalue weighted by atomic mass is 9.97. The standard InChI is InChI=1S/C20H20BrNO3/c1-13-11-22(12-14(2)25-13)20(24)18-6-4-3-5-17(18)19(23)15-7-9-16(21)10-8-15/h3-10,13-14H,11-12H2,1-2H3. The average molecular weight is 402 g/mol. The molecule has 0 spiro atoms. The highest BCUT2D eigenvalue weighted by molar-refractivity contribution is 9.10. The molecule has 0 aliphatic carbocycles. The molecule has 0 N–H and O–H groups in total. The molecular weight excluding hydrogens is 382 g/mol. The van der Waals surface area contributed by atoms with Crippen LogP contribution in [0.2, 0.25) is 0 Å². The third-order valence-electron chi connectivity index (χ3n) is 4.22. The van der Waals surface area contributed by atoms with Crippen molar-refractivity contribution < 1.29 is 14.3 Å². The van der Waals surface area contributed by atoms with Crippen molar-refractivity contribution in [2.24, 2.45) is 0 Å². The van der Waals surface area contributed by atoms with Gasteiger partial charge in [0.1, 0.15) is 0 Å². The second-order valence-electron chi connectivity index (χ2n) is 6.35. The lowest BCUT2D eigenvalue weighted by molar-refractivity contribution is -0.0586. The zero-order valence-electron chi connectivity index (χ0n) is 14.2. The Morgan fingerprint density at radius 1 is 0.960 bits per heavy atom. The lowest BCUT2D eigenvalue weighted by Crippen LogP contribution is -2.48. The van der Waals surface area contributed by atoms with E-state index in [-0.39, 0.29) is 23.9 Å². The van der Waals surface area contributed by atoms with Crippen LogP contribution in [0.15, 0.2) is 53.0 Å². The molecule has 2 unspecified atom stereocenters. The van der Waals surface area contributed by atoms with Crippen molar-refractivity contribution in [3.8, 4) is 0 Å². The first-order valence-corrected chi connectivity index (χ1v) is 9.09. The maximum atomic E-state index is 13.0. The van der Waals surface area contributed by atoms with Gasteiger partial charge in [0.25, 0.3) is 5.91 Å². The number of hydrogen-bond acceptors (Lipinski definition) is 3. The molecule has 1 aliphatic rings. The summed E-state index contributed by atoms with van der Waals surface area (Å²) in [6.07, 6.45) is -0.0240. The van der Waals surface area contributed by atoms with Crippen molar-refractivity contribution in [2.75, 3.05) is 13.1 Å². The van der Waals surface area contributed by atoms with Crippen LogP contribution in [0.4, 0.5) is 0 Å². The largest absolute Gasteiger partial charge is 0.372 e. The van der Waals surface area contributed by atoms with Crippen LogP contribution in [0.1, 0.15) is 40.1 Å². The first-order valence-electron chi connectivity index (χ1n) is 8.29. The van der Waals surface area contributed by atoms with Crippen molar-refractivity contribution in [3.05, 3.63) is 69.7 Å². The molecule has 4 nitrogen and oxygen atoms in total. The third-order valence-corrected chi connectivity index (χ3v) is 4.74. The Morgan fingerprint density at radius 2 is 1.52 bits per heavy atom. The maximum Gasteiger partial charge on any atom is 0.254 e. The van der Waals surface area contributed by atoms with E-state index in [4.69, 9.17) is 4.74 Å². The van der Waals surface area contributed by atoms with Gasteiger partial charge in [-0.2, -0.15) is 0 Å². The van der Waals surface area contributed by atoms with E-state index >= 15 is 0 Å². The number of carbonyl (C=O) groups excluding carboxylic acids is 2. The highest BCUT2D eigenvalue weighted by Crippen LogP contribution is 2.20. The molecule has 1 amide bonds. The molecule has 2 atom stereocenters. The first kappa shape index (κ1) is 17.8. The Kier molecular flexibility index (Phi) is 5.35. The molecule has 1 fully saturated rings. The second kappa shape index (κ2) is 7.50. The topological polar surface area (TPSA) is 46.6 Å². The van der Waals surface area contributed by atoms with Gasteiger partial charge in [0.2, 0.25) is 0 Å². The number of halogens is 1. The molecule has 0 radical (unpaired) electrons. The first-order chi connectivity index (χ1) is 12.0. The Labute approximate surface area is 155 Å². The van der Waals surface area contributed by atoms with Gasteiger partial charge in [0, 0.05) is 28.7 Å². The third kappa shape index (κ3) is 3.99. The Hall–Kier alpha value is -1.98. The SMILES string of the molecule is CC1CN(C(=O)c2ccccc2C(=O)c2ccc(Br)cc2)CC(C)O1. The minimum absolute atomic E-state index is 0.0120. The number of nitrogens with zero attached hydrogens (tertiary/aromatic N) is 1. The van der Waals surface area contributed by atoms with Gasteiger partial charge in [-0.3, -0.25) is 9.59 Å². The fourth-order valence-corrected chi connectivity index (χ4v) is 3.40. The van der Waals surface area contributed by atoms with Crippen LogP contribution in [0.5, 0.6) is 0 Å². The van der Waals surface area contributed by atoms with Crippen LogP contribution in [-0.2, 0) is 4.74 Å². The van der Waals surface area contributed by atoms with Crippen LogP contribution in [-0.4, -0.2) is 41.9 Å². The molecule has 0 aromatic heterocycles. The van der Waals surface area contributed by atoms with E-state index in [0.29, 0.717) is 29.8 Å². The average Bonchev–Trinajstić information content (AvgIpc) is 2.60. The maximum absolute atomic E-state index is 13.0. The number of carbonyl (C=O) groups is 2. The van der Waals surface area contributed by atoms with Gasteiger partial charge in [0.15, 0.2) is 5.78 Å². The zero-order valence-corrected chi connectivity index (χ0v) is 15.8. The molecule has 1 saturated heterocycles. The highest BCUT2D eigenvalue weighted by atomic mass is 79.9. The molecule has 0 bridgehead atoms. The zero-order chi connectivity index (χ0) is 18.0. The summed E-state index contributed by atoms with van der Waals surface area (Å²) in [6.45, 7) is 4.97. The summed E-state index contributed by atoms with van der Waals surface area (Å²) in [5.41, 5.74) is 1.44. The minimum atomic E-state index is -0.147. The molecule has 1 heterocycles. The molecule has 3 rings (SSSR count). The van der Waals surface area contributed by atoms with Crippen molar-refractivity contribution in [1.82, 2.24) is 4.90 Å². The summed E-state index contributed by atoms with van der Waals surface area (Å²) in [7, 11) is 0. The predicted octanol–water partition coefficient (Wildman–Crippen LogP) is 3.93. The van der Waals surface area contributed by atoms with Crippen LogP contribution >= 0.6 is 15.9 Å². The van der Waals surface area contributed by atoms with E-state index in [1.165, 1.54) is 0 Å². The van der Waals surface area contributed by atoms with Gasteiger partial charge in [-0.25, -0.2) is 0 Å². The monoisotopic (exact) mass is 401 g/mol. The summed E-state index contributed by atoms with van der Waals surface area (Å²) >= 11 is 3.37. The fraction of sp³-hybridized carbons (Fsp3) is 0.300. The van der Waals surface area contributed by atoms with E-state index in [0.717, 1.165) is 4.47 Å². The van der Waals surface area contributed by atoms with Gasteiger partial charge in [-0.1, -0.05) is 34.1 Å². The Morgan fingerprint density at radius 3 is 2.12 bits per heavy atom. The summed E-state index contributed by atoms with van der Waals surface area (Å²) in [4.78, 5) is 27.7. The summed E-state index contributed by atoms with van der Waals surface area (Å²) < 4.78 is 6.60. The van der Waals surface area contributed by atoms with Gasteiger partial charge in [0.05, 0.1) is 17.8 Å². The van der Waals surface area contributed by atoms with Crippen LogP contribution in [0.3, 0.4) is 0 Å². The number of benzene rings is 2. The van der Waals surface area contributed by atoms with Gasteiger partial charge in [-0.15, -0.1) is 0 Å². The van der Waals surface area contributed by atoms with Gasteiger partial charge >= 0.3 is 0 Å². The number of amides is 1. The predicted molar refractivity (Wildman–Crippen MR) is 99.9 cm³/mol. The molecule has 1 aliphatic heterocycles. The Balaban J connectivity index is 1.91. The van der Waals surface area contributed by atoms with E-state index in [2.05, 4.69) is 15.9 Å². The lowest BCUT2D eigenvalue weighted by Gasteiger charge is -2.35. The van der Waals surface area contributed by atoms with Gasteiger partial charge < -0.3 is 9.64 Å². The minimum Gasteiger partial charge on any atom is -0.372 e. The molecule has 0 saturated carbocycles. The molecule has 2 aromatic carbocycles. The van der Waals surface area contributed by atoms with Crippen LogP contribution < -0.4 is 0 Å².